The van der Waals surface area contributed by atoms with Gasteiger partial charge in [-0.05, 0) is 62.0 Å². The molecular weight excluding hydrogens is 313 g/mol. The second kappa shape index (κ2) is 7.09. The van der Waals surface area contributed by atoms with E-state index in [0.717, 1.165) is 22.4 Å². The highest BCUT2D eigenvalue weighted by Crippen LogP contribution is 2.28. The van der Waals surface area contributed by atoms with Gasteiger partial charge < -0.3 is 16.5 Å². The van der Waals surface area contributed by atoms with E-state index in [1.165, 1.54) is 18.9 Å². The van der Waals surface area contributed by atoms with E-state index in [-0.39, 0.29) is 11.7 Å². The van der Waals surface area contributed by atoms with Crippen molar-refractivity contribution in [2.75, 3.05) is 5.73 Å². The molecule has 0 heterocycles. The fourth-order valence-electron chi connectivity index (χ4n) is 3.03. The van der Waals surface area contributed by atoms with Crippen molar-refractivity contribution in [3.63, 3.8) is 0 Å². The number of nitrogen functional groups attached to an aromatic ring is 1. The average Bonchev–Trinajstić information content (AvgIpc) is 3.38. The molecule has 0 amide bonds. The molecule has 1 atom stereocenters. The lowest BCUT2D eigenvalue weighted by molar-refractivity contribution is 0.639. The van der Waals surface area contributed by atoms with Crippen LogP contribution in [0.4, 0.5) is 10.1 Å². The topological polar surface area (TPSA) is 61.9 Å². The monoisotopic (exact) mass is 337 g/mol. The number of anilines is 1. The van der Waals surface area contributed by atoms with Gasteiger partial charge in [0.2, 0.25) is 0 Å². The van der Waals surface area contributed by atoms with E-state index in [9.17, 15) is 4.39 Å². The highest BCUT2D eigenvalue weighted by atomic mass is 19.1. The average molecular weight is 337 g/mol. The Labute approximate surface area is 148 Å². The smallest absolute Gasteiger partial charge is 0.118 e. The fraction of sp³-hybridized carbons (Fsp3) is 0.286. The number of rotatable bonds is 6. The largest absolute Gasteiger partial charge is 0.398 e. The summed E-state index contributed by atoms with van der Waals surface area (Å²) < 4.78 is 13.0. The first-order valence-electron chi connectivity index (χ1n) is 8.61. The van der Waals surface area contributed by atoms with E-state index in [4.69, 9.17) is 11.1 Å². The molecule has 3 nitrogen and oxygen atoms in total. The minimum Gasteiger partial charge on any atom is -0.398 e. The van der Waals surface area contributed by atoms with Crippen LogP contribution in [0.5, 0.6) is 0 Å². The Balaban J connectivity index is 1.79. The fourth-order valence-corrected chi connectivity index (χ4v) is 3.03. The lowest BCUT2D eigenvalue weighted by atomic mass is 9.93. The van der Waals surface area contributed by atoms with Crippen LogP contribution >= 0.6 is 0 Å². The van der Waals surface area contributed by atoms with Gasteiger partial charge in [-0.15, -0.1) is 0 Å². The van der Waals surface area contributed by atoms with Gasteiger partial charge in [0.1, 0.15) is 5.83 Å². The summed E-state index contributed by atoms with van der Waals surface area (Å²) in [6.45, 7) is 6.11. The van der Waals surface area contributed by atoms with Crippen LogP contribution in [0.3, 0.4) is 0 Å². The van der Waals surface area contributed by atoms with Crippen molar-refractivity contribution < 1.29 is 4.39 Å². The molecule has 130 valence electrons. The van der Waals surface area contributed by atoms with Crippen LogP contribution < -0.4 is 11.1 Å². The number of halogens is 1. The highest BCUT2D eigenvalue weighted by molar-refractivity contribution is 6.11. The molecule has 0 saturated heterocycles. The maximum atomic E-state index is 13.0. The van der Waals surface area contributed by atoms with Crippen molar-refractivity contribution in [1.29, 1.82) is 5.41 Å². The van der Waals surface area contributed by atoms with E-state index in [2.05, 4.69) is 11.9 Å². The van der Waals surface area contributed by atoms with Crippen LogP contribution in [-0.2, 0) is 0 Å². The number of allylic oxidation sites excluding steroid dienone is 6. The molecule has 2 aliphatic rings. The van der Waals surface area contributed by atoms with E-state index >= 15 is 0 Å². The molecule has 1 unspecified atom stereocenters. The molecule has 0 radical (unpaired) electrons. The second-order valence-corrected chi connectivity index (χ2v) is 6.72. The maximum Gasteiger partial charge on any atom is 0.118 e. The summed E-state index contributed by atoms with van der Waals surface area (Å²) in [6, 6.07) is 4.32. The second-order valence-electron chi connectivity index (χ2n) is 6.72. The lowest BCUT2D eigenvalue weighted by Gasteiger charge is -2.17. The molecule has 1 saturated carbocycles. The van der Waals surface area contributed by atoms with Gasteiger partial charge in [0.15, 0.2) is 0 Å². The zero-order valence-corrected chi connectivity index (χ0v) is 14.5. The van der Waals surface area contributed by atoms with Crippen molar-refractivity contribution in [2.45, 2.75) is 32.2 Å². The minimum atomic E-state index is -0.200. The van der Waals surface area contributed by atoms with Gasteiger partial charge in [-0.1, -0.05) is 24.8 Å². The first kappa shape index (κ1) is 17.2. The van der Waals surface area contributed by atoms with Gasteiger partial charge in [-0.25, -0.2) is 4.39 Å². The predicted octanol–water partition coefficient (Wildman–Crippen LogP) is 4.65. The predicted molar refractivity (Wildman–Crippen MR) is 103 cm³/mol. The summed E-state index contributed by atoms with van der Waals surface area (Å²) in [5.41, 5.74) is 10.6. The summed E-state index contributed by atoms with van der Waals surface area (Å²) in [7, 11) is 0. The summed E-state index contributed by atoms with van der Waals surface area (Å²) in [4.78, 5) is 0. The van der Waals surface area contributed by atoms with Gasteiger partial charge in [-0.2, -0.15) is 0 Å². The zero-order valence-electron chi connectivity index (χ0n) is 14.5. The summed E-state index contributed by atoms with van der Waals surface area (Å²) in [5.74, 6) is -0.0924. The third kappa shape index (κ3) is 4.08. The first-order chi connectivity index (χ1) is 12.0. The molecule has 4 heteroatoms. The summed E-state index contributed by atoms with van der Waals surface area (Å²) in [5, 5.41) is 11.8. The molecule has 0 aliphatic heterocycles. The summed E-state index contributed by atoms with van der Waals surface area (Å²) in [6.07, 6.45) is 11.5. The number of hydrogen-bond donors (Lipinski definition) is 3. The van der Waals surface area contributed by atoms with Crippen LogP contribution in [-0.4, -0.2) is 11.8 Å². The van der Waals surface area contributed by atoms with Gasteiger partial charge in [0.25, 0.3) is 0 Å². The lowest BCUT2D eigenvalue weighted by Crippen LogP contribution is -2.16. The Morgan fingerprint density at radius 3 is 2.80 bits per heavy atom. The quantitative estimate of drug-likeness (QED) is 0.522. The Hall–Kier alpha value is -2.62. The van der Waals surface area contributed by atoms with Crippen LogP contribution in [0.25, 0.3) is 5.70 Å². The number of hydrogen-bond acceptors (Lipinski definition) is 3. The van der Waals surface area contributed by atoms with Crippen molar-refractivity contribution in [1.82, 2.24) is 5.32 Å². The number of nitrogens with two attached hydrogens (primary N) is 1. The van der Waals surface area contributed by atoms with Crippen molar-refractivity contribution >= 4 is 17.1 Å². The number of nitrogens with one attached hydrogen (secondary N) is 2. The van der Waals surface area contributed by atoms with Gasteiger partial charge >= 0.3 is 0 Å². The molecule has 0 spiro atoms. The SMILES string of the molecule is C=C(NC1CC1)c1ccc(N)c(C(=N)/C=C/C2C=CC(F)=CC2)c1C. The molecule has 0 aromatic heterocycles. The Morgan fingerprint density at radius 1 is 1.40 bits per heavy atom. The van der Waals surface area contributed by atoms with Crippen LogP contribution in [0, 0.1) is 18.3 Å². The standard InChI is InChI=1S/C21H24FN3/c1-13-18(14(2)25-17-8-9-17)10-12-20(24)21(13)19(23)11-5-15-3-6-16(22)7-4-15/h3,5-7,10-12,15,17,23,25H,2,4,8-9,24H2,1H3/b11-5+,23-19?. The molecular formula is C21H24FN3. The van der Waals surface area contributed by atoms with Gasteiger partial charge in [0.05, 0.1) is 5.71 Å². The van der Waals surface area contributed by atoms with E-state index in [0.29, 0.717) is 23.9 Å². The third-order valence-electron chi connectivity index (χ3n) is 4.65. The van der Waals surface area contributed by atoms with E-state index < -0.39 is 0 Å². The molecule has 0 bridgehead atoms. The van der Waals surface area contributed by atoms with Crippen LogP contribution in [0.1, 0.15) is 36.0 Å². The van der Waals surface area contributed by atoms with Gasteiger partial charge in [-0.3, -0.25) is 0 Å². The molecule has 25 heavy (non-hydrogen) atoms. The minimum absolute atomic E-state index is 0.107. The van der Waals surface area contributed by atoms with E-state index in [1.807, 2.05) is 31.2 Å². The molecule has 1 fully saturated rings. The Kier molecular flexibility index (Phi) is 4.88. The number of benzene rings is 1. The van der Waals surface area contributed by atoms with Gasteiger partial charge in [0, 0.05) is 28.6 Å². The van der Waals surface area contributed by atoms with Crippen molar-refractivity contribution in [3.05, 3.63) is 71.6 Å². The van der Waals surface area contributed by atoms with Crippen LogP contribution in [0.2, 0.25) is 0 Å². The van der Waals surface area contributed by atoms with E-state index in [1.54, 1.807) is 12.2 Å². The first-order valence-corrected chi connectivity index (χ1v) is 8.61. The molecule has 2 aliphatic carbocycles. The van der Waals surface area contributed by atoms with Crippen molar-refractivity contribution in [2.24, 2.45) is 5.92 Å². The molecule has 3 rings (SSSR count). The molecule has 1 aromatic carbocycles. The Morgan fingerprint density at radius 2 is 2.16 bits per heavy atom. The van der Waals surface area contributed by atoms with Crippen LogP contribution in [0.15, 0.2) is 54.9 Å². The normalized spacial score (nSPS) is 19.8. The Bertz CT molecular complexity index is 798. The van der Waals surface area contributed by atoms with Crippen molar-refractivity contribution in [3.8, 4) is 0 Å². The maximum absolute atomic E-state index is 13.0. The zero-order chi connectivity index (χ0) is 18.0. The third-order valence-corrected chi connectivity index (χ3v) is 4.65. The molecule has 1 aromatic rings. The molecule has 4 N–H and O–H groups in total. The summed E-state index contributed by atoms with van der Waals surface area (Å²) >= 11 is 0. The highest BCUT2D eigenvalue weighted by Gasteiger charge is 2.22.